The Morgan fingerprint density at radius 2 is 2.10 bits per heavy atom. The van der Waals surface area contributed by atoms with E-state index in [0.29, 0.717) is 12.4 Å². The predicted molar refractivity (Wildman–Crippen MR) is 71.7 cm³/mol. The van der Waals surface area contributed by atoms with E-state index in [2.05, 4.69) is 15.3 Å². The quantitative estimate of drug-likeness (QED) is 0.849. The molecule has 0 radical (unpaired) electrons. The third-order valence-electron chi connectivity index (χ3n) is 2.58. The lowest BCUT2D eigenvalue weighted by Crippen LogP contribution is -2.11. The van der Waals surface area contributed by atoms with Gasteiger partial charge in [-0.15, -0.1) is 0 Å². The smallest absolute Gasteiger partial charge is 0.343 e. The summed E-state index contributed by atoms with van der Waals surface area (Å²) in [5.74, 6) is -0.375. The number of nitrogens with one attached hydrogen (secondary N) is 1. The van der Waals surface area contributed by atoms with Crippen molar-refractivity contribution in [2.45, 2.75) is 13.5 Å². The minimum atomic E-state index is -0.477. The molecule has 2 aromatic rings. The van der Waals surface area contributed by atoms with Crippen LogP contribution < -0.4 is 5.32 Å². The Balaban J connectivity index is 2.09. The van der Waals surface area contributed by atoms with Crippen LogP contribution in [0.5, 0.6) is 0 Å². The number of carbonyl (C=O) groups is 1. The number of anilines is 1. The van der Waals surface area contributed by atoms with Crippen LogP contribution in [-0.4, -0.2) is 22.5 Å². The van der Waals surface area contributed by atoms with Gasteiger partial charge >= 0.3 is 5.97 Å². The Morgan fingerprint density at radius 1 is 1.35 bits per heavy atom. The summed E-state index contributed by atoms with van der Waals surface area (Å²) in [6, 6.07) is 6.08. The molecule has 1 aromatic heterocycles. The molecule has 0 saturated heterocycles. The molecule has 5 nitrogen and oxygen atoms in total. The number of esters is 1. The van der Waals surface area contributed by atoms with E-state index in [-0.39, 0.29) is 18.0 Å². The van der Waals surface area contributed by atoms with Gasteiger partial charge in [-0.3, -0.25) is 0 Å². The van der Waals surface area contributed by atoms with Crippen molar-refractivity contribution in [3.8, 4) is 0 Å². The highest BCUT2D eigenvalue weighted by atomic mass is 19.1. The minimum absolute atomic E-state index is 0.275. The van der Waals surface area contributed by atoms with Gasteiger partial charge in [-0.05, 0) is 24.6 Å². The summed E-state index contributed by atoms with van der Waals surface area (Å²) in [7, 11) is 0. The first-order valence-electron chi connectivity index (χ1n) is 6.16. The van der Waals surface area contributed by atoms with Crippen molar-refractivity contribution in [1.82, 2.24) is 9.97 Å². The molecule has 0 aliphatic carbocycles. The zero-order valence-corrected chi connectivity index (χ0v) is 11.0. The lowest BCUT2D eigenvalue weighted by atomic mass is 10.2. The second-order valence-electron chi connectivity index (χ2n) is 3.99. The first kappa shape index (κ1) is 13.9. The van der Waals surface area contributed by atoms with Gasteiger partial charge in [0.1, 0.15) is 23.5 Å². The SMILES string of the molecule is CCOC(=O)c1cncnc1NCc1ccc(F)cc1. The number of hydrogen-bond acceptors (Lipinski definition) is 5. The molecular weight excluding hydrogens is 261 g/mol. The molecule has 1 aromatic carbocycles. The topological polar surface area (TPSA) is 64.1 Å². The number of halogens is 1. The molecule has 104 valence electrons. The summed E-state index contributed by atoms with van der Waals surface area (Å²) in [5, 5.41) is 3.01. The van der Waals surface area contributed by atoms with Crippen molar-refractivity contribution < 1.29 is 13.9 Å². The number of nitrogens with zero attached hydrogens (tertiary/aromatic N) is 2. The van der Waals surface area contributed by atoms with Crippen LogP contribution in [0.4, 0.5) is 10.2 Å². The van der Waals surface area contributed by atoms with E-state index in [9.17, 15) is 9.18 Å². The second kappa shape index (κ2) is 6.60. The van der Waals surface area contributed by atoms with Crippen LogP contribution in [0.2, 0.25) is 0 Å². The average molecular weight is 275 g/mol. The van der Waals surface area contributed by atoms with Gasteiger partial charge in [-0.1, -0.05) is 12.1 Å². The number of ether oxygens (including phenoxy) is 1. The molecule has 0 aliphatic rings. The van der Waals surface area contributed by atoms with Gasteiger partial charge in [0.15, 0.2) is 0 Å². The van der Waals surface area contributed by atoms with E-state index in [0.717, 1.165) is 5.56 Å². The normalized spacial score (nSPS) is 10.1. The van der Waals surface area contributed by atoms with E-state index < -0.39 is 5.97 Å². The van der Waals surface area contributed by atoms with E-state index in [4.69, 9.17) is 4.74 Å². The van der Waals surface area contributed by atoms with Gasteiger partial charge in [-0.25, -0.2) is 19.2 Å². The zero-order chi connectivity index (χ0) is 14.4. The Morgan fingerprint density at radius 3 is 2.80 bits per heavy atom. The van der Waals surface area contributed by atoms with Gasteiger partial charge in [0, 0.05) is 12.7 Å². The van der Waals surface area contributed by atoms with Crippen molar-refractivity contribution >= 4 is 11.8 Å². The van der Waals surface area contributed by atoms with E-state index in [1.54, 1.807) is 19.1 Å². The molecule has 0 spiro atoms. The standard InChI is InChI=1S/C14H14FN3O2/c1-2-20-14(19)12-8-16-9-18-13(12)17-7-10-3-5-11(15)6-4-10/h3-6,8-9H,2,7H2,1H3,(H,16,17,18). The number of rotatable bonds is 5. The lowest BCUT2D eigenvalue weighted by Gasteiger charge is -2.09. The summed E-state index contributed by atoms with van der Waals surface area (Å²) >= 11 is 0. The molecule has 1 heterocycles. The van der Waals surface area contributed by atoms with Crippen molar-refractivity contribution in [2.24, 2.45) is 0 Å². The first-order valence-corrected chi connectivity index (χ1v) is 6.16. The summed E-state index contributed by atoms with van der Waals surface area (Å²) in [6.07, 6.45) is 2.74. The maximum atomic E-state index is 12.8. The van der Waals surface area contributed by atoms with Crippen molar-refractivity contribution in [1.29, 1.82) is 0 Å². The van der Waals surface area contributed by atoms with Crippen LogP contribution in [0.3, 0.4) is 0 Å². The number of aromatic nitrogens is 2. The van der Waals surface area contributed by atoms with Gasteiger partial charge in [0.2, 0.25) is 0 Å². The fourth-order valence-electron chi connectivity index (χ4n) is 1.62. The van der Waals surface area contributed by atoms with Crippen LogP contribution >= 0.6 is 0 Å². The van der Waals surface area contributed by atoms with Gasteiger partial charge in [0.05, 0.1) is 6.61 Å². The van der Waals surface area contributed by atoms with Crippen LogP contribution in [0.1, 0.15) is 22.8 Å². The summed E-state index contributed by atoms with van der Waals surface area (Å²) < 4.78 is 17.7. The largest absolute Gasteiger partial charge is 0.462 e. The molecule has 1 N–H and O–H groups in total. The van der Waals surface area contributed by atoms with Gasteiger partial charge in [0.25, 0.3) is 0 Å². The molecule has 0 atom stereocenters. The Kier molecular flexibility index (Phi) is 4.60. The molecule has 0 fully saturated rings. The van der Waals surface area contributed by atoms with E-state index in [1.807, 2.05) is 0 Å². The minimum Gasteiger partial charge on any atom is -0.462 e. The van der Waals surface area contributed by atoms with Crippen molar-refractivity contribution in [3.63, 3.8) is 0 Å². The highest BCUT2D eigenvalue weighted by Gasteiger charge is 2.13. The maximum Gasteiger partial charge on any atom is 0.343 e. The van der Waals surface area contributed by atoms with Crippen LogP contribution in [0, 0.1) is 5.82 Å². The molecule has 6 heteroatoms. The average Bonchev–Trinajstić information content (AvgIpc) is 2.47. The fraction of sp³-hybridized carbons (Fsp3) is 0.214. The molecular formula is C14H14FN3O2. The number of hydrogen-bond donors (Lipinski definition) is 1. The highest BCUT2D eigenvalue weighted by Crippen LogP contribution is 2.13. The van der Waals surface area contributed by atoms with Crippen LogP contribution in [-0.2, 0) is 11.3 Å². The Labute approximate surface area is 115 Å². The molecule has 0 unspecified atom stereocenters. The first-order chi connectivity index (χ1) is 9.70. The second-order valence-corrected chi connectivity index (χ2v) is 3.99. The maximum absolute atomic E-state index is 12.8. The molecule has 0 saturated carbocycles. The highest BCUT2D eigenvalue weighted by molar-refractivity contribution is 5.94. The van der Waals surface area contributed by atoms with Crippen LogP contribution in [0.25, 0.3) is 0 Å². The summed E-state index contributed by atoms with van der Waals surface area (Å²) in [4.78, 5) is 19.6. The summed E-state index contributed by atoms with van der Waals surface area (Å²) in [6.45, 7) is 2.43. The van der Waals surface area contributed by atoms with E-state index in [1.165, 1.54) is 24.7 Å². The van der Waals surface area contributed by atoms with Crippen LogP contribution in [0.15, 0.2) is 36.8 Å². The number of benzene rings is 1. The van der Waals surface area contributed by atoms with Gasteiger partial charge in [-0.2, -0.15) is 0 Å². The Bertz CT molecular complexity index is 587. The summed E-state index contributed by atoms with van der Waals surface area (Å²) in [5.41, 5.74) is 1.15. The third kappa shape index (κ3) is 3.50. The fourth-order valence-corrected chi connectivity index (χ4v) is 1.62. The molecule has 0 bridgehead atoms. The monoisotopic (exact) mass is 275 g/mol. The molecule has 20 heavy (non-hydrogen) atoms. The molecule has 2 rings (SSSR count). The number of carbonyl (C=O) groups excluding carboxylic acids is 1. The molecule has 0 amide bonds. The third-order valence-corrected chi connectivity index (χ3v) is 2.58. The molecule has 0 aliphatic heterocycles. The van der Waals surface area contributed by atoms with Crippen molar-refractivity contribution in [2.75, 3.05) is 11.9 Å². The Hall–Kier alpha value is -2.50. The predicted octanol–water partition coefficient (Wildman–Crippen LogP) is 2.40. The lowest BCUT2D eigenvalue weighted by molar-refractivity contribution is 0.0526. The van der Waals surface area contributed by atoms with Crippen molar-refractivity contribution in [3.05, 3.63) is 53.7 Å². The van der Waals surface area contributed by atoms with E-state index >= 15 is 0 Å². The zero-order valence-electron chi connectivity index (χ0n) is 11.0. The van der Waals surface area contributed by atoms with Gasteiger partial charge < -0.3 is 10.1 Å².